The minimum Gasteiger partial charge on any atom is -0.449 e. The van der Waals surface area contributed by atoms with Gasteiger partial charge in [0.1, 0.15) is 0 Å². The highest BCUT2D eigenvalue weighted by atomic mass is 32.1. The predicted molar refractivity (Wildman–Crippen MR) is 92.3 cm³/mol. The number of ether oxygens (including phenoxy) is 1. The molecule has 0 aliphatic rings. The summed E-state index contributed by atoms with van der Waals surface area (Å²) in [5.74, 6) is 0.219. The van der Waals surface area contributed by atoms with Crippen molar-refractivity contribution in [1.82, 2.24) is 10.2 Å². The van der Waals surface area contributed by atoms with Gasteiger partial charge in [0.2, 0.25) is 5.89 Å². The number of aromatic nitrogens is 2. The molecule has 0 fully saturated rings. The molecule has 1 aromatic carbocycles. The van der Waals surface area contributed by atoms with Gasteiger partial charge in [-0.15, -0.1) is 21.5 Å². The maximum atomic E-state index is 11.8. The second kappa shape index (κ2) is 7.23. The molecule has 0 amide bonds. The van der Waals surface area contributed by atoms with Crippen LogP contribution in [0.1, 0.15) is 29.4 Å². The van der Waals surface area contributed by atoms with Crippen LogP contribution in [0.4, 0.5) is 0 Å². The molecule has 0 bridgehead atoms. The zero-order valence-corrected chi connectivity index (χ0v) is 14.1. The summed E-state index contributed by atoms with van der Waals surface area (Å²) < 4.78 is 10.9. The van der Waals surface area contributed by atoms with E-state index >= 15 is 0 Å². The van der Waals surface area contributed by atoms with E-state index < -0.39 is 12.1 Å². The molecule has 0 saturated heterocycles. The van der Waals surface area contributed by atoms with Gasteiger partial charge < -0.3 is 9.15 Å². The molecule has 0 unspecified atom stereocenters. The lowest BCUT2D eigenvalue weighted by molar-refractivity contribution is -0.143. The molecule has 0 saturated carbocycles. The Morgan fingerprint density at radius 2 is 2.04 bits per heavy atom. The number of hydrogen-bond acceptors (Lipinski definition) is 6. The number of hydrogen-bond donors (Lipinski definition) is 0. The van der Waals surface area contributed by atoms with Crippen LogP contribution in [0.5, 0.6) is 0 Å². The second-order valence-electron chi connectivity index (χ2n) is 5.24. The van der Waals surface area contributed by atoms with Crippen molar-refractivity contribution in [3.63, 3.8) is 0 Å². The van der Waals surface area contributed by atoms with Crippen molar-refractivity contribution in [2.45, 2.75) is 20.0 Å². The molecule has 122 valence electrons. The van der Waals surface area contributed by atoms with E-state index in [4.69, 9.17) is 9.15 Å². The first-order valence-electron chi connectivity index (χ1n) is 7.44. The number of aryl methyl sites for hydroxylation is 1. The molecule has 5 nitrogen and oxygen atoms in total. The van der Waals surface area contributed by atoms with Gasteiger partial charge in [0, 0.05) is 16.5 Å². The molecule has 0 radical (unpaired) electrons. The van der Waals surface area contributed by atoms with Crippen molar-refractivity contribution >= 4 is 23.4 Å². The van der Waals surface area contributed by atoms with Crippen molar-refractivity contribution in [3.05, 3.63) is 64.2 Å². The van der Waals surface area contributed by atoms with Gasteiger partial charge in [0.05, 0.1) is 0 Å². The van der Waals surface area contributed by atoms with Crippen LogP contribution in [0.15, 0.2) is 52.3 Å². The van der Waals surface area contributed by atoms with E-state index in [0.29, 0.717) is 5.89 Å². The minimum absolute atomic E-state index is 0.267. The Bertz CT molecular complexity index is 836. The van der Waals surface area contributed by atoms with Crippen molar-refractivity contribution in [2.24, 2.45) is 0 Å². The number of esters is 1. The van der Waals surface area contributed by atoms with E-state index in [9.17, 15) is 4.79 Å². The number of benzene rings is 1. The van der Waals surface area contributed by atoms with Gasteiger partial charge >= 0.3 is 5.97 Å². The highest BCUT2D eigenvalue weighted by Gasteiger charge is 2.18. The Hall–Kier alpha value is -2.73. The van der Waals surface area contributed by atoms with Crippen molar-refractivity contribution in [2.75, 3.05) is 0 Å². The zero-order chi connectivity index (χ0) is 16.9. The summed E-state index contributed by atoms with van der Waals surface area (Å²) in [7, 11) is 0. The van der Waals surface area contributed by atoms with E-state index in [2.05, 4.69) is 10.2 Å². The molecule has 6 heteroatoms. The Morgan fingerprint density at radius 1 is 1.25 bits per heavy atom. The van der Waals surface area contributed by atoms with E-state index in [1.54, 1.807) is 24.3 Å². The van der Waals surface area contributed by atoms with Gasteiger partial charge in [-0.3, -0.25) is 0 Å². The average molecular weight is 340 g/mol. The average Bonchev–Trinajstić information content (AvgIpc) is 3.25. The number of nitrogens with zero attached hydrogens (tertiary/aromatic N) is 2. The Balaban J connectivity index is 1.64. The Labute approximate surface area is 143 Å². The van der Waals surface area contributed by atoms with Crippen LogP contribution in [0.3, 0.4) is 0 Å². The molecule has 3 aromatic rings. The summed E-state index contributed by atoms with van der Waals surface area (Å²) in [6.07, 6.45) is 2.49. The number of carbonyl (C=O) groups is 1. The standard InChI is InChI=1S/C18H16N2O3S/c1-12-5-7-14(8-6-12)18-20-19-17(23-18)13(2)22-16(21)10-9-15-4-3-11-24-15/h3-11,13H,1-2H3/b10-9+/t13-/m1/s1. The van der Waals surface area contributed by atoms with Crippen LogP contribution >= 0.6 is 11.3 Å². The summed E-state index contributed by atoms with van der Waals surface area (Å²) in [4.78, 5) is 12.8. The lowest BCUT2D eigenvalue weighted by atomic mass is 10.1. The number of thiophene rings is 1. The highest BCUT2D eigenvalue weighted by molar-refractivity contribution is 7.10. The van der Waals surface area contributed by atoms with Crippen molar-refractivity contribution < 1.29 is 13.9 Å². The molecular formula is C18H16N2O3S. The third-order valence-corrected chi connectivity index (χ3v) is 4.14. The normalized spacial score (nSPS) is 12.4. The first-order valence-corrected chi connectivity index (χ1v) is 8.32. The third-order valence-electron chi connectivity index (χ3n) is 3.31. The van der Waals surface area contributed by atoms with Gasteiger partial charge in [0.25, 0.3) is 5.89 Å². The topological polar surface area (TPSA) is 65.2 Å². The van der Waals surface area contributed by atoms with Crippen molar-refractivity contribution in [1.29, 1.82) is 0 Å². The van der Waals surface area contributed by atoms with Crippen LogP contribution in [0.2, 0.25) is 0 Å². The Morgan fingerprint density at radius 3 is 2.75 bits per heavy atom. The largest absolute Gasteiger partial charge is 0.449 e. The van der Waals surface area contributed by atoms with Crippen LogP contribution in [0, 0.1) is 6.92 Å². The minimum atomic E-state index is -0.614. The molecule has 0 N–H and O–H groups in total. The fourth-order valence-corrected chi connectivity index (χ4v) is 2.63. The van der Waals surface area contributed by atoms with E-state index in [1.165, 1.54) is 6.08 Å². The summed E-state index contributed by atoms with van der Waals surface area (Å²) in [5, 5.41) is 9.91. The van der Waals surface area contributed by atoms with Gasteiger partial charge in [-0.1, -0.05) is 23.8 Å². The lowest BCUT2D eigenvalue weighted by Gasteiger charge is -2.06. The SMILES string of the molecule is Cc1ccc(-c2nnc([C@@H](C)OC(=O)/C=C/c3cccs3)o2)cc1. The summed E-state index contributed by atoms with van der Waals surface area (Å²) >= 11 is 1.55. The molecule has 2 aromatic heterocycles. The smallest absolute Gasteiger partial charge is 0.331 e. The highest BCUT2D eigenvalue weighted by Crippen LogP contribution is 2.22. The van der Waals surface area contributed by atoms with Crippen LogP contribution in [-0.2, 0) is 9.53 Å². The fourth-order valence-electron chi connectivity index (χ4n) is 2.01. The fraction of sp³-hybridized carbons (Fsp3) is 0.167. The molecule has 1 atom stereocenters. The van der Waals surface area contributed by atoms with Crippen LogP contribution < -0.4 is 0 Å². The molecule has 0 aliphatic carbocycles. The van der Waals surface area contributed by atoms with Gasteiger partial charge in [-0.05, 0) is 43.5 Å². The summed E-state index contributed by atoms with van der Waals surface area (Å²) in [6, 6.07) is 11.6. The third kappa shape index (κ3) is 3.97. The van der Waals surface area contributed by atoms with Gasteiger partial charge in [-0.25, -0.2) is 4.79 Å². The summed E-state index contributed by atoms with van der Waals surface area (Å²) in [6.45, 7) is 3.71. The predicted octanol–water partition coefficient (Wildman–Crippen LogP) is 4.42. The van der Waals surface area contributed by atoms with Crippen LogP contribution in [-0.4, -0.2) is 16.2 Å². The number of rotatable bonds is 5. The van der Waals surface area contributed by atoms with E-state index in [0.717, 1.165) is 16.0 Å². The van der Waals surface area contributed by atoms with Gasteiger partial charge in [0.15, 0.2) is 6.10 Å². The first-order chi connectivity index (χ1) is 11.6. The van der Waals surface area contributed by atoms with Crippen LogP contribution in [0.25, 0.3) is 17.5 Å². The van der Waals surface area contributed by atoms with Gasteiger partial charge in [-0.2, -0.15) is 0 Å². The molecule has 2 heterocycles. The van der Waals surface area contributed by atoms with Crippen molar-refractivity contribution in [3.8, 4) is 11.5 Å². The molecule has 24 heavy (non-hydrogen) atoms. The first kappa shape index (κ1) is 16.1. The second-order valence-corrected chi connectivity index (χ2v) is 6.22. The molecular weight excluding hydrogens is 324 g/mol. The molecule has 0 aliphatic heterocycles. The monoisotopic (exact) mass is 340 g/mol. The lowest BCUT2D eigenvalue weighted by Crippen LogP contribution is -2.06. The zero-order valence-electron chi connectivity index (χ0n) is 13.3. The maximum Gasteiger partial charge on any atom is 0.331 e. The van der Waals surface area contributed by atoms with E-state index in [-0.39, 0.29) is 5.89 Å². The quantitative estimate of drug-likeness (QED) is 0.508. The Kier molecular flexibility index (Phi) is 4.86. The van der Waals surface area contributed by atoms with E-state index in [1.807, 2.05) is 48.7 Å². The maximum absolute atomic E-state index is 11.8. The number of carbonyl (C=O) groups excluding carboxylic acids is 1. The molecule has 0 spiro atoms. The summed E-state index contributed by atoms with van der Waals surface area (Å²) in [5.41, 5.74) is 1.98. The molecule has 3 rings (SSSR count).